The summed E-state index contributed by atoms with van der Waals surface area (Å²) in [5.41, 5.74) is 1.65. The van der Waals surface area contributed by atoms with Crippen LogP contribution in [-0.4, -0.2) is 35.6 Å². The van der Waals surface area contributed by atoms with Gasteiger partial charge in [0, 0.05) is 33.3 Å². The molecule has 0 aliphatic rings. The van der Waals surface area contributed by atoms with Crippen molar-refractivity contribution in [2.75, 3.05) is 23.5 Å². The van der Waals surface area contributed by atoms with E-state index in [0.717, 1.165) is 4.90 Å². The minimum absolute atomic E-state index is 0.0562. The molecule has 0 unspecified atom stereocenters. The first-order chi connectivity index (χ1) is 18.5. The van der Waals surface area contributed by atoms with Gasteiger partial charge in [0.15, 0.2) is 5.13 Å². The molecule has 0 saturated carbocycles. The normalized spacial score (nSPS) is 10.9. The zero-order valence-corrected chi connectivity index (χ0v) is 22.0. The van der Waals surface area contributed by atoms with E-state index in [1.54, 1.807) is 66.2 Å². The number of nitrogens with zero attached hydrogens (tertiary/aromatic N) is 1. The van der Waals surface area contributed by atoms with Crippen LogP contribution in [0.3, 0.4) is 0 Å². The third-order valence-corrected chi connectivity index (χ3v) is 6.83. The molecular formula is C28H24N4O4S2. The number of aromatic nitrogens is 1. The summed E-state index contributed by atoms with van der Waals surface area (Å²) in [4.78, 5) is 43.0. The molecule has 38 heavy (non-hydrogen) atoms. The van der Waals surface area contributed by atoms with Crippen molar-refractivity contribution < 1.29 is 19.1 Å². The minimum Gasteiger partial charge on any atom is -0.496 e. The molecular weight excluding hydrogens is 520 g/mol. The highest BCUT2D eigenvalue weighted by Crippen LogP contribution is 2.23. The molecule has 3 N–H and O–H groups in total. The number of nitrogens with one attached hydrogen (secondary N) is 3. The molecule has 0 bridgehead atoms. The van der Waals surface area contributed by atoms with Gasteiger partial charge in [-0.05, 0) is 48.5 Å². The van der Waals surface area contributed by atoms with Crippen LogP contribution in [0.15, 0.2) is 101 Å². The fourth-order valence-electron chi connectivity index (χ4n) is 3.31. The smallest absolute Gasteiger partial charge is 0.272 e. The van der Waals surface area contributed by atoms with Crippen molar-refractivity contribution in [2.24, 2.45) is 0 Å². The Labute approximate surface area is 228 Å². The van der Waals surface area contributed by atoms with E-state index in [2.05, 4.69) is 20.9 Å². The molecule has 192 valence electrons. The number of thioether (sulfide) groups is 1. The van der Waals surface area contributed by atoms with Crippen LogP contribution in [0.4, 0.5) is 10.8 Å². The summed E-state index contributed by atoms with van der Waals surface area (Å²) >= 11 is 2.72. The maximum Gasteiger partial charge on any atom is 0.272 e. The van der Waals surface area contributed by atoms with Crippen LogP contribution >= 0.6 is 23.1 Å². The highest BCUT2D eigenvalue weighted by atomic mass is 32.2. The van der Waals surface area contributed by atoms with Gasteiger partial charge < -0.3 is 20.7 Å². The highest BCUT2D eigenvalue weighted by Gasteiger charge is 2.16. The topological polar surface area (TPSA) is 109 Å². The Morgan fingerprint density at radius 2 is 1.68 bits per heavy atom. The first-order valence-electron chi connectivity index (χ1n) is 11.5. The van der Waals surface area contributed by atoms with E-state index in [1.807, 2.05) is 30.3 Å². The number of carbonyl (C=O) groups is 3. The van der Waals surface area contributed by atoms with Crippen LogP contribution in [0, 0.1) is 0 Å². The molecule has 1 heterocycles. The molecule has 3 amide bonds. The summed E-state index contributed by atoms with van der Waals surface area (Å²) in [6, 6.07) is 22.9. The number of benzene rings is 3. The van der Waals surface area contributed by atoms with Crippen molar-refractivity contribution in [3.63, 3.8) is 0 Å². The molecule has 0 aliphatic heterocycles. The van der Waals surface area contributed by atoms with Gasteiger partial charge >= 0.3 is 0 Å². The number of anilines is 2. The van der Waals surface area contributed by atoms with Gasteiger partial charge in [0.25, 0.3) is 11.8 Å². The second-order valence-corrected chi connectivity index (χ2v) is 9.72. The Kier molecular flexibility index (Phi) is 9.27. The molecule has 3 aromatic carbocycles. The molecule has 4 rings (SSSR count). The SMILES string of the molecule is COc1ccccc1/C=C(\NC(=O)c1ccccc1)C(=O)Nc1ccc(SCC(=O)Nc2nccs2)cc1. The predicted octanol–water partition coefficient (Wildman–Crippen LogP) is 5.29. The van der Waals surface area contributed by atoms with E-state index < -0.39 is 11.8 Å². The maximum absolute atomic E-state index is 13.2. The molecule has 0 radical (unpaired) electrons. The van der Waals surface area contributed by atoms with Crippen LogP contribution in [0.2, 0.25) is 0 Å². The number of amides is 3. The number of carbonyl (C=O) groups excluding carboxylic acids is 3. The Hall–Kier alpha value is -4.41. The van der Waals surface area contributed by atoms with Crippen molar-refractivity contribution in [2.45, 2.75) is 4.90 Å². The first-order valence-corrected chi connectivity index (χ1v) is 13.3. The minimum atomic E-state index is -0.497. The lowest BCUT2D eigenvalue weighted by atomic mass is 10.1. The molecule has 4 aromatic rings. The number of thiazole rings is 1. The molecule has 0 spiro atoms. The van der Waals surface area contributed by atoms with Crippen LogP contribution in [-0.2, 0) is 9.59 Å². The molecule has 10 heteroatoms. The lowest BCUT2D eigenvalue weighted by Gasteiger charge is -2.13. The third-order valence-electron chi connectivity index (χ3n) is 5.13. The van der Waals surface area contributed by atoms with Crippen molar-refractivity contribution in [1.29, 1.82) is 0 Å². The Morgan fingerprint density at radius 1 is 0.947 bits per heavy atom. The van der Waals surface area contributed by atoms with E-state index in [0.29, 0.717) is 27.7 Å². The number of rotatable bonds is 10. The van der Waals surface area contributed by atoms with Gasteiger partial charge in [0.2, 0.25) is 5.91 Å². The summed E-state index contributed by atoms with van der Waals surface area (Å²) in [7, 11) is 1.54. The standard InChI is InChI=1S/C28H24N4O4S2/c1-36-24-10-6-5-9-20(24)17-23(31-26(34)19-7-3-2-4-8-19)27(35)30-21-11-13-22(14-12-21)38-18-25(33)32-28-29-15-16-37-28/h2-17H,18H2,1H3,(H,30,35)(H,31,34)(H,29,32,33)/b23-17-. The Morgan fingerprint density at radius 3 is 2.39 bits per heavy atom. The largest absolute Gasteiger partial charge is 0.496 e. The van der Waals surface area contributed by atoms with E-state index in [9.17, 15) is 14.4 Å². The summed E-state index contributed by atoms with van der Waals surface area (Å²) in [6.07, 6.45) is 3.20. The van der Waals surface area contributed by atoms with Crippen LogP contribution < -0.4 is 20.7 Å². The first kappa shape index (κ1) is 26.6. The van der Waals surface area contributed by atoms with Gasteiger partial charge in [-0.1, -0.05) is 36.4 Å². The average molecular weight is 545 g/mol. The fraction of sp³-hybridized carbons (Fsp3) is 0.0714. The van der Waals surface area contributed by atoms with Crippen molar-refractivity contribution in [3.05, 3.63) is 107 Å². The molecule has 8 nitrogen and oxygen atoms in total. The van der Waals surface area contributed by atoms with Crippen LogP contribution in [0.25, 0.3) is 6.08 Å². The van der Waals surface area contributed by atoms with E-state index in [-0.39, 0.29) is 17.4 Å². The molecule has 0 atom stereocenters. The second-order valence-electron chi connectivity index (χ2n) is 7.77. The van der Waals surface area contributed by atoms with Gasteiger partial charge in [-0.15, -0.1) is 23.1 Å². The molecule has 0 aliphatic carbocycles. The summed E-state index contributed by atoms with van der Waals surface area (Å²) in [6.45, 7) is 0. The zero-order chi connectivity index (χ0) is 26.7. The number of ether oxygens (including phenoxy) is 1. The average Bonchev–Trinajstić information content (AvgIpc) is 3.46. The van der Waals surface area contributed by atoms with Gasteiger partial charge in [-0.25, -0.2) is 4.98 Å². The monoisotopic (exact) mass is 544 g/mol. The lowest BCUT2D eigenvalue weighted by molar-refractivity contribution is -0.114. The van der Waals surface area contributed by atoms with E-state index in [4.69, 9.17) is 4.74 Å². The fourth-order valence-corrected chi connectivity index (χ4v) is 4.55. The van der Waals surface area contributed by atoms with Crippen LogP contribution in [0.5, 0.6) is 5.75 Å². The Bertz CT molecular complexity index is 1420. The molecule has 0 fully saturated rings. The van der Waals surface area contributed by atoms with Crippen LogP contribution in [0.1, 0.15) is 15.9 Å². The predicted molar refractivity (Wildman–Crippen MR) is 151 cm³/mol. The highest BCUT2D eigenvalue weighted by molar-refractivity contribution is 8.00. The Balaban J connectivity index is 1.45. The van der Waals surface area contributed by atoms with Crippen molar-refractivity contribution >= 4 is 57.7 Å². The molecule has 0 saturated heterocycles. The second kappa shape index (κ2) is 13.2. The number of methoxy groups -OCH3 is 1. The van der Waals surface area contributed by atoms with Gasteiger partial charge in [0.1, 0.15) is 11.4 Å². The summed E-state index contributed by atoms with van der Waals surface area (Å²) in [5, 5.41) is 10.6. The summed E-state index contributed by atoms with van der Waals surface area (Å²) < 4.78 is 5.39. The van der Waals surface area contributed by atoms with E-state index >= 15 is 0 Å². The van der Waals surface area contributed by atoms with Gasteiger partial charge in [-0.2, -0.15) is 0 Å². The third kappa shape index (κ3) is 7.55. The number of hydrogen-bond acceptors (Lipinski definition) is 7. The van der Waals surface area contributed by atoms with Crippen molar-refractivity contribution in [1.82, 2.24) is 10.3 Å². The number of para-hydroxylation sites is 1. The van der Waals surface area contributed by atoms with Gasteiger partial charge in [-0.3, -0.25) is 14.4 Å². The number of hydrogen-bond donors (Lipinski definition) is 3. The molecule has 1 aromatic heterocycles. The quantitative estimate of drug-likeness (QED) is 0.185. The summed E-state index contributed by atoms with van der Waals surface area (Å²) in [5.74, 6) is -0.273. The van der Waals surface area contributed by atoms with E-state index in [1.165, 1.54) is 30.2 Å². The lowest BCUT2D eigenvalue weighted by Crippen LogP contribution is -2.30. The van der Waals surface area contributed by atoms with Crippen molar-refractivity contribution in [3.8, 4) is 5.75 Å². The van der Waals surface area contributed by atoms with Gasteiger partial charge in [0.05, 0.1) is 12.9 Å². The maximum atomic E-state index is 13.2. The zero-order valence-electron chi connectivity index (χ0n) is 20.3.